The summed E-state index contributed by atoms with van der Waals surface area (Å²) in [4.78, 5) is 12.2. The zero-order valence-electron chi connectivity index (χ0n) is 15.5. The molecule has 0 radical (unpaired) electrons. The lowest BCUT2D eigenvalue weighted by Gasteiger charge is -2.22. The van der Waals surface area contributed by atoms with Gasteiger partial charge in [-0.2, -0.15) is 5.10 Å². The summed E-state index contributed by atoms with van der Waals surface area (Å²) >= 11 is 0. The van der Waals surface area contributed by atoms with Crippen LogP contribution in [0.4, 0.5) is 0 Å². The molecule has 0 bridgehead atoms. The molecule has 144 valence electrons. The lowest BCUT2D eigenvalue weighted by Crippen LogP contribution is -2.32. The number of hydrogen-bond acceptors (Lipinski definition) is 4. The summed E-state index contributed by atoms with van der Waals surface area (Å²) in [5.41, 5.74) is 4.14. The molecule has 1 unspecified atom stereocenters. The molecule has 0 saturated heterocycles. The van der Waals surface area contributed by atoms with Crippen molar-refractivity contribution in [3.8, 4) is 5.75 Å². The molecule has 1 aliphatic rings. The number of nitrogens with zero attached hydrogens (tertiary/aromatic N) is 2. The molecule has 2 N–H and O–H groups in total. The predicted octanol–water partition coefficient (Wildman–Crippen LogP) is 2.61. The number of benzene rings is 2. The topological polar surface area (TPSA) is 76.4 Å². The number of amides is 1. The maximum atomic E-state index is 12.2. The number of aromatic nitrogens is 2. The Morgan fingerprint density at radius 2 is 1.93 bits per heavy atom. The van der Waals surface area contributed by atoms with Crippen molar-refractivity contribution in [1.29, 1.82) is 0 Å². The van der Waals surface area contributed by atoms with Crippen molar-refractivity contribution < 1.29 is 14.6 Å². The van der Waals surface area contributed by atoms with Crippen LogP contribution in [-0.2, 0) is 28.9 Å². The Kier molecular flexibility index (Phi) is 5.39. The van der Waals surface area contributed by atoms with Crippen LogP contribution in [0.1, 0.15) is 28.5 Å². The molecule has 0 saturated carbocycles. The Morgan fingerprint density at radius 1 is 1.14 bits per heavy atom. The van der Waals surface area contributed by atoms with Gasteiger partial charge in [0.25, 0.3) is 0 Å². The number of ether oxygens (including phenoxy) is 1. The van der Waals surface area contributed by atoms with Gasteiger partial charge in [-0.05, 0) is 35.2 Å². The summed E-state index contributed by atoms with van der Waals surface area (Å²) in [6, 6.07) is 16.9. The first-order chi connectivity index (χ1) is 13.7. The molecule has 1 aromatic heterocycles. The first-order valence-corrected chi connectivity index (χ1v) is 9.44. The lowest BCUT2D eigenvalue weighted by molar-refractivity contribution is -0.121. The van der Waals surface area contributed by atoms with Crippen LogP contribution >= 0.6 is 0 Å². The number of rotatable bonds is 6. The van der Waals surface area contributed by atoms with Gasteiger partial charge in [-0.3, -0.25) is 9.48 Å². The van der Waals surface area contributed by atoms with Crippen molar-refractivity contribution in [2.24, 2.45) is 0 Å². The molecule has 2 aromatic carbocycles. The van der Waals surface area contributed by atoms with Gasteiger partial charge in [0.1, 0.15) is 11.9 Å². The average molecular weight is 377 g/mol. The highest BCUT2D eigenvalue weighted by Crippen LogP contribution is 2.25. The second kappa shape index (κ2) is 8.27. The number of nitrogens with one attached hydrogen (secondary N) is 1. The van der Waals surface area contributed by atoms with E-state index in [1.165, 1.54) is 11.1 Å². The number of fused-ring (bicyclic) bond motifs is 1. The molecule has 1 aliphatic heterocycles. The Morgan fingerprint density at radius 3 is 2.71 bits per heavy atom. The average Bonchev–Trinajstić information content (AvgIpc) is 3.12. The molecule has 0 spiro atoms. The van der Waals surface area contributed by atoms with Gasteiger partial charge in [-0.1, -0.05) is 42.5 Å². The van der Waals surface area contributed by atoms with Gasteiger partial charge >= 0.3 is 0 Å². The van der Waals surface area contributed by atoms with E-state index in [9.17, 15) is 9.90 Å². The normalized spacial score (nSPS) is 15.8. The summed E-state index contributed by atoms with van der Waals surface area (Å²) in [6.07, 6.45) is 2.95. The molecule has 4 rings (SSSR count). The van der Waals surface area contributed by atoms with Crippen LogP contribution < -0.4 is 5.32 Å². The molecular weight excluding hydrogens is 354 g/mol. The maximum absolute atomic E-state index is 12.2. The van der Waals surface area contributed by atoms with E-state index in [-0.39, 0.29) is 24.2 Å². The van der Waals surface area contributed by atoms with E-state index in [1.54, 1.807) is 24.3 Å². The van der Waals surface area contributed by atoms with E-state index in [2.05, 4.69) is 23.6 Å². The van der Waals surface area contributed by atoms with Crippen LogP contribution in [0.15, 0.2) is 60.8 Å². The van der Waals surface area contributed by atoms with Crippen molar-refractivity contribution >= 4 is 5.91 Å². The monoisotopic (exact) mass is 377 g/mol. The molecule has 2 heterocycles. The summed E-state index contributed by atoms with van der Waals surface area (Å²) in [5.74, 6) is 0.114. The number of aromatic hydroxyl groups is 1. The van der Waals surface area contributed by atoms with Crippen LogP contribution in [0.3, 0.4) is 0 Å². The smallest absolute Gasteiger partial charge is 0.224 e. The van der Waals surface area contributed by atoms with Crippen molar-refractivity contribution in [3.63, 3.8) is 0 Å². The Balaban J connectivity index is 1.37. The van der Waals surface area contributed by atoms with E-state index in [1.807, 2.05) is 22.9 Å². The molecule has 6 nitrogen and oxygen atoms in total. The molecule has 0 fully saturated rings. The minimum atomic E-state index is -0.232. The lowest BCUT2D eigenvalue weighted by atomic mass is 10.1. The zero-order valence-corrected chi connectivity index (χ0v) is 15.5. The van der Waals surface area contributed by atoms with E-state index in [0.717, 1.165) is 17.7 Å². The number of phenols is 1. The van der Waals surface area contributed by atoms with E-state index >= 15 is 0 Å². The summed E-state index contributed by atoms with van der Waals surface area (Å²) in [6.45, 7) is 1.74. The second-order valence-electron chi connectivity index (χ2n) is 6.98. The first kappa shape index (κ1) is 18.3. The third-order valence-corrected chi connectivity index (χ3v) is 4.84. The second-order valence-corrected chi connectivity index (χ2v) is 6.98. The van der Waals surface area contributed by atoms with Crippen molar-refractivity contribution in [2.45, 2.75) is 25.5 Å². The number of carbonyl (C=O) groups is 1. The summed E-state index contributed by atoms with van der Waals surface area (Å²) in [5, 5.41) is 17.0. The largest absolute Gasteiger partial charge is 0.508 e. The van der Waals surface area contributed by atoms with Crippen LogP contribution in [0.25, 0.3) is 0 Å². The highest BCUT2D eigenvalue weighted by molar-refractivity contribution is 5.78. The minimum absolute atomic E-state index is 0.0786. The van der Waals surface area contributed by atoms with Crippen LogP contribution in [0.2, 0.25) is 0 Å². The fourth-order valence-electron chi connectivity index (χ4n) is 3.41. The highest BCUT2D eigenvalue weighted by atomic mass is 16.5. The number of hydrogen-bond donors (Lipinski definition) is 2. The van der Waals surface area contributed by atoms with Gasteiger partial charge in [0.05, 0.1) is 25.3 Å². The molecule has 28 heavy (non-hydrogen) atoms. The van der Waals surface area contributed by atoms with Gasteiger partial charge in [0.15, 0.2) is 0 Å². The van der Waals surface area contributed by atoms with Crippen LogP contribution in [-0.4, -0.2) is 33.9 Å². The molecular formula is C22H23N3O3. The SMILES string of the molecule is O=C(Cc1ccc(O)cc1)NCC1OCCc2cn(Cc3ccccc3)nc21. The molecule has 1 atom stereocenters. The standard InChI is InChI=1S/C22H23N3O3/c26-19-8-6-16(7-9-19)12-21(27)23-13-20-22-18(10-11-28-20)15-25(24-22)14-17-4-2-1-3-5-17/h1-9,15,20,26H,10-14H2,(H,23,27). The minimum Gasteiger partial charge on any atom is -0.508 e. The zero-order chi connectivity index (χ0) is 19.3. The fourth-order valence-corrected chi connectivity index (χ4v) is 3.41. The van der Waals surface area contributed by atoms with Gasteiger partial charge in [0, 0.05) is 12.7 Å². The Hall–Kier alpha value is -3.12. The van der Waals surface area contributed by atoms with Gasteiger partial charge in [0.2, 0.25) is 5.91 Å². The van der Waals surface area contributed by atoms with Gasteiger partial charge in [-0.15, -0.1) is 0 Å². The third kappa shape index (κ3) is 4.40. The maximum Gasteiger partial charge on any atom is 0.224 e. The van der Waals surface area contributed by atoms with Crippen molar-refractivity contribution in [3.05, 3.63) is 83.2 Å². The van der Waals surface area contributed by atoms with Crippen molar-refractivity contribution in [2.75, 3.05) is 13.2 Å². The van der Waals surface area contributed by atoms with Crippen molar-refractivity contribution in [1.82, 2.24) is 15.1 Å². The fraction of sp³-hybridized carbons (Fsp3) is 0.273. The van der Waals surface area contributed by atoms with Crippen LogP contribution in [0, 0.1) is 0 Å². The van der Waals surface area contributed by atoms with E-state index in [0.29, 0.717) is 19.7 Å². The quantitative estimate of drug-likeness (QED) is 0.692. The Bertz CT molecular complexity index is 935. The van der Waals surface area contributed by atoms with E-state index < -0.39 is 0 Å². The summed E-state index contributed by atoms with van der Waals surface area (Å²) < 4.78 is 7.81. The van der Waals surface area contributed by atoms with Gasteiger partial charge < -0.3 is 15.2 Å². The third-order valence-electron chi connectivity index (χ3n) is 4.84. The first-order valence-electron chi connectivity index (χ1n) is 9.44. The van der Waals surface area contributed by atoms with E-state index in [4.69, 9.17) is 9.84 Å². The number of carbonyl (C=O) groups excluding carboxylic acids is 1. The predicted molar refractivity (Wildman–Crippen MR) is 105 cm³/mol. The molecule has 0 aliphatic carbocycles. The number of phenolic OH excluding ortho intramolecular Hbond substituents is 1. The highest BCUT2D eigenvalue weighted by Gasteiger charge is 2.25. The van der Waals surface area contributed by atoms with Gasteiger partial charge in [-0.25, -0.2) is 0 Å². The Labute approximate surface area is 163 Å². The molecule has 1 amide bonds. The molecule has 6 heteroatoms. The summed E-state index contributed by atoms with van der Waals surface area (Å²) in [7, 11) is 0. The van der Waals surface area contributed by atoms with Crippen LogP contribution in [0.5, 0.6) is 5.75 Å². The molecule has 3 aromatic rings.